The second-order valence-electron chi connectivity index (χ2n) is 5.30. The summed E-state index contributed by atoms with van der Waals surface area (Å²) in [7, 11) is 1.85. The topological polar surface area (TPSA) is 76.5 Å². The molecule has 5 heteroatoms. The molecule has 0 aliphatic rings. The number of carbonyl (C=O) groups is 1. The first-order valence-electron chi connectivity index (χ1n) is 6.95. The van der Waals surface area contributed by atoms with Crippen LogP contribution in [0.5, 0.6) is 0 Å². The Balaban J connectivity index is 2.99. The molecule has 1 aromatic heterocycles. The zero-order valence-electron chi connectivity index (χ0n) is 12.8. The van der Waals surface area contributed by atoms with E-state index in [2.05, 4.69) is 0 Å². The van der Waals surface area contributed by atoms with Crippen LogP contribution in [0, 0.1) is 13.8 Å². The van der Waals surface area contributed by atoms with Gasteiger partial charge >= 0.3 is 5.63 Å². The Hall–Kier alpha value is -2.30. The van der Waals surface area contributed by atoms with Crippen molar-refractivity contribution in [3.8, 4) is 0 Å². The van der Waals surface area contributed by atoms with Crippen molar-refractivity contribution in [2.75, 3.05) is 24.2 Å². The summed E-state index contributed by atoms with van der Waals surface area (Å²) < 4.78 is 5.28. The number of benzene rings is 1. The van der Waals surface area contributed by atoms with Crippen molar-refractivity contribution >= 4 is 28.6 Å². The van der Waals surface area contributed by atoms with Gasteiger partial charge in [-0.1, -0.05) is 6.92 Å². The molecule has 0 spiro atoms. The average molecular weight is 288 g/mol. The fourth-order valence-corrected chi connectivity index (χ4v) is 2.57. The Morgan fingerprint density at radius 3 is 2.62 bits per heavy atom. The van der Waals surface area contributed by atoms with Crippen LogP contribution in [0.4, 0.5) is 11.4 Å². The third-order valence-electron chi connectivity index (χ3n) is 3.83. The number of carbonyl (C=O) groups excluding carboxylic acids is 1. The van der Waals surface area contributed by atoms with Crippen molar-refractivity contribution in [2.24, 2.45) is 0 Å². The molecule has 0 aliphatic carbocycles. The zero-order valence-corrected chi connectivity index (χ0v) is 12.8. The minimum absolute atomic E-state index is 0.0217. The van der Waals surface area contributed by atoms with Crippen molar-refractivity contribution < 1.29 is 9.21 Å². The maximum Gasteiger partial charge on any atom is 0.349 e. The SMILES string of the molecule is CCCN(C)c1c(C=O)c(=O)oc2cc(C)c(C)c(N)c12. The molecule has 0 amide bonds. The van der Waals surface area contributed by atoms with Crippen molar-refractivity contribution in [1.29, 1.82) is 0 Å². The van der Waals surface area contributed by atoms with E-state index in [9.17, 15) is 9.59 Å². The summed E-state index contributed by atoms with van der Waals surface area (Å²) in [6, 6.07) is 1.79. The molecule has 1 heterocycles. The average Bonchev–Trinajstić information content (AvgIpc) is 2.44. The Kier molecular flexibility index (Phi) is 4.02. The van der Waals surface area contributed by atoms with E-state index in [-0.39, 0.29) is 5.56 Å². The van der Waals surface area contributed by atoms with Crippen molar-refractivity contribution in [3.05, 3.63) is 33.2 Å². The summed E-state index contributed by atoms with van der Waals surface area (Å²) in [5, 5.41) is 0.635. The maximum absolute atomic E-state index is 12.0. The second kappa shape index (κ2) is 5.60. The van der Waals surface area contributed by atoms with E-state index in [1.165, 1.54) is 0 Å². The highest BCUT2D eigenvalue weighted by Crippen LogP contribution is 2.35. The number of hydrogen-bond donors (Lipinski definition) is 1. The van der Waals surface area contributed by atoms with E-state index in [0.29, 0.717) is 35.2 Å². The predicted octanol–water partition coefficient (Wildman–Crippen LogP) is 2.65. The molecule has 21 heavy (non-hydrogen) atoms. The summed E-state index contributed by atoms with van der Waals surface area (Å²) in [5.41, 5.74) is 9.02. The summed E-state index contributed by atoms with van der Waals surface area (Å²) >= 11 is 0. The number of aryl methyl sites for hydroxylation is 1. The van der Waals surface area contributed by atoms with Crippen molar-refractivity contribution in [2.45, 2.75) is 27.2 Å². The quantitative estimate of drug-likeness (QED) is 0.531. The number of nitrogens with zero attached hydrogens (tertiary/aromatic N) is 1. The summed E-state index contributed by atoms with van der Waals surface area (Å²) in [6.07, 6.45) is 1.43. The lowest BCUT2D eigenvalue weighted by Gasteiger charge is -2.23. The Bertz CT molecular complexity index is 762. The van der Waals surface area contributed by atoms with Gasteiger partial charge in [0.25, 0.3) is 0 Å². The number of nitrogen functional groups attached to an aromatic ring is 1. The maximum atomic E-state index is 12.0. The molecule has 5 nitrogen and oxygen atoms in total. The molecule has 1 aromatic carbocycles. The van der Waals surface area contributed by atoms with Gasteiger partial charge in [0, 0.05) is 19.3 Å². The second-order valence-corrected chi connectivity index (χ2v) is 5.30. The van der Waals surface area contributed by atoms with E-state index in [4.69, 9.17) is 10.2 Å². The fraction of sp³-hybridized carbons (Fsp3) is 0.375. The molecule has 0 saturated carbocycles. The van der Waals surface area contributed by atoms with Gasteiger partial charge in [0.05, 0.1) is 11.1 Å². The number of hydrogen-bond acceptors (Lipinski definition) is 5. The smallest absolute Gasteiger partial charge is 0.349 e. The molecule has 2 N–H and O–H groups in total. The normalized spacial score (nSPS) is 10.9. The van der Waals surface area contributed by atoms with Crippen molar-refractivity contribution in [3.63, 3.8) is 0 Å². The third kappa shape index (κ3) is 2.39. The molecule has 0 radical (unpaired) electrons. The molecule has 2 rings (SSSR count). The van der Waals surface area contributed by atoms with Crippen LogP contribution < -0.4 is 16.3 Å². The Morgan fingerprint density at radius 1 is 1.38 bits per heavy atom. The molecule has 2 aromatic rings. The standard InChI is InChI=1S/C16H20N2O3/c1-5-6-18(4)15-11(8-19)16(20)21-12-7-9(2)10(3)14(17)13(12)15/h7-8H,5-6,17H2,1-4H3. The molecule has 0 unspecified atom stereocenters. The Labute approximate surface area is 123 Å². The number of nitrogens with two attached hydrogens (primary N) is 1. The molecule has 0 fully saturated rings. The first kappa shape index (κ1) is 15.1. The third-order valence-corrected chi connectivity index (χ3v) is 3.83. The molecule has 0 atom stereocenters. The van der Waals surface area contributed by atoms with E-state index < -0.39 is 5.63 Å². The van der Waals surface area contributed by atoms with E-state index in [0.717, 1.165) is 17.5 Å². The lowest BCUT2D eigenvalue weighted by atomic mass is 10.0. The van der Waals surface area contributed by atoms with Gasteiger partial charge in [0.1, 0.15) is 11.1 Å². The van der Waals surface area contributed by atoms with E-state index in [1.807, 2.05) is 32.7 Å². The minimum atomic E-state index is -0.627. The van der Waals surface area contributed by atoms with Crippen LogP contribution in [0.3, 0.4) is 0 Å². The molecule has 0 saturated heterocycles. The largest absolute Gasteiger partial charge is 0.422 e. The molecular weight excluding hydrogens is 268 g/mol. The van der Waals surface area contributed by atoms with Gasteiger partial charge in [0.15, 0.2) is 6.29 Å². The van der Waals surface area contributed by atoms with Gasteiger partial charge in [0.2, 0.25) is 0 Å². The highest BCUT2D eigenvalue weighted by Gasteiger charge is 2.20. The summed E-state index contributed by atoms with van der Waals surface area (Å²) in [5.74, 6) is 0. The number of fused-ring (bicyclic) bond motifs is 1. The van der Waals surface area contributed by atoms with Crippen LogP contribution in [0.1, 0.15) is 34.8 Å². The van der Waals surface area contributed by atoms with Gasteiger partial charge in [-0.15, -0.1) is 0 Å². The van der Waals surface area contributed by atoms with Gasteiger partial charge in [-0.2, -0.15) is 0 Å². The Morgan fingerprint density at radius 2 is 2.05 bits per heavy atom. The predicted molar refractivity (Wildman–Crippen MR) is 85.3 cm³/mol. The molecule has 112 valence electrons. The van der Waals surface area contributed by atoms with Crippen LogP contribution in [-0.2, 0) is 0 Å². The number of aldehydes is 1. The monoisotopic (exact) mass is 288 g/mol. The first-order valence-corrected chi connectivity index (χ1v) is 6.95. The molecular formula is C16H20N2O3. The summed E-state index contributed by atoms with van der Waals surface area (Å²) in [4.78, 5) is 25.3. The lowest BCUT2D eigenvalue weighted by Crippen LogP contribution is -2.23. The lowest BCUT2D eigenvalue weighted by molar-refractivity contribution is 0.112. The van der Waals surface area contributed by atoms with Gasteiger partial charge in [-0.3, -0.25) is 4.79 Å². The number of rotatable bonds is 4. The number of anilines is 2. The summed E-state index contributed by atoms with van der Waals surface area (Å²) in [6.45, 7) is 6.57. The first-order chi connectivity index (χ1) is 9.92. The van der Waals surface area contributed by atoms with Gasteiger partial charge in [-0.05, 0) is 37.5 Å². The van der Waals surface area contributed by atoms with Crippen LogP contribution in [0.15, 0.2) is 15.3 Å². The van der Waals surface area contributed by atoms with Crippen LogP contribution >= 0.6 is 0 Å². The van der Waals surface area contributed by atoms with Crippen molar-refractivity contribution in [1.82, 2.24) is 0 Å². The fourth-order valence-electron chi connectivity index (χ4n) is 2.57. The van der Waals surface area contributed by atoms with Crippen LogP contribution in [0.2, 0.25) is 0 Å². The van der Waals surface area contributed by atoms with E-state index >= 15 is 0 Å². The van der Waals surface area contributed by atoms with E-state index in [1.54, 1.807) is 6.07 Å². The minimum Gasteiger partial charge on any atom is -0.422 e. The van der Waals surface area contributed by atoms with Crippen LogP contribution in [-0.4, -0.2) is 19.9 Å². The highest BCUT2D eigenvalue weighted by molar-refractivity contribution is 6.06. The van der Waals surface area contributed by atoms with Gasteiger partial charge < -0.3 is 15.1 Å². The van der Waals surface area contributed by atoms with Gasteiger partial charge in [-0.25, -0.2) is 4.79 Å². The van der Waals surface area contributed by atoms with Crippen LogP contribution in [0.25, 0.3) is 11.0 Å². The highest BCUT2D eigenvalue weighted by atomic mass is 16.4. The zero-order chi connectivity index (χ0) is 15.7. The molecule has 0 aliphatic heterocycles. The molecule has 0 bridgehead atoms.